The second-order valence-corrected chi connectivity index (χ2v) is 19.3. The van der Waals surface area contributed by atoms with Gasteiger partial charge in [0.2, 0.25) is 0 Å². The quantitative estimate of drug-likeness (QED) is 0.132. The number of para-hydroxylation sites is 2. The minimum absolute atomic E-state index is 1.02. The van der Waals surface area contributed by atoms with Crippen LogP contribution in [0.4, 0.5) is 0 Å². The van der Waals surface area contributed by atoms with Crippen LogP contribution < -0.4 is 20.7 Å². The van der Waals surface area contributed by atoms with Crippen LogP contribution in [0.15, 0.2) is 164 Å². The molecular weight excluding hydrogens is 689 g/mol. The largest absolute Gasteiger partial charge is 0.283 e. The molecule has 0 fully saturated rings. The normalized spacial score (nSPS) is 12.3. The first-order valence-corrected chi connectivity index (χ1v) is 21.1. The molecule has 0 saturated heterocycles. The number of hydrogen-bond donors (Lipinski definition) is 0. The lowest BCUT2D eigenvalue weighted by Crippen LogP contribution is -2.74. The number of benzene rings is 7. The van der Waals surface area contributed by atoms with Crippen LogP contribution in [0, 0.1) is 6.92 Å². The van der Waals surface area contributed by atoms with E-state index in [9.17, 15) is 0 Å². The molecule has 0 amide bonds. The van der Waals surface area contributed by atoms with Crippen molar-refractivity contribution in [2.75, 3.05) is 0 Å². The van der Waals surface area contributed by atoms with E-state index in [0.717, 1.165) is 32.0 Å². The SMILES string of the molecule is Cc1cc2nc3sc4ccccc4n3c2cc1-c1cccc([Si](c2ccccc2)(c2ccccc2)c2ccc3nc4sc5ccccc5n4c3c2)c1. The second kappa shape index (κ2) is 11.3. The standard InChI is InChI=1S/C45H30N4S2Si/c1-29-25-37-41(49-39-20-9-11-22-43(39)51-45(49)47-37)28-35(29)30-13-12-18-33(26-30)52(31-14-4-2-5-15-31,32-16-6-3-7-17-32)34-23-24-36-40(27-34)48-38-19-8-10-21-42(38)50-44(48)46-36/h2-28H,1H3. The Hall–Kier alpha value is -5.86. The van der Waals surface area contributed by atoms with Gasteiger partial charge in [-0.1, -0.05) is 138 Å². The van der Waals surface area contributed by atoms with E-state index in [4.69, 9.17) is 9.97 Å². The van der Waals surface area contributed by atoms with E-state index in [2.05, 4.69) is 180 Å². The van der Waals surface area contributed by atoms with Gasteiger partial charge in [0.15, 0.2) is 18.0 Å². The highest BCUT2D eigenvalue weighted by Crippen LogP contribution is 2.35. The van der Waals surface area contributed by atoms with Gasteiger partial charge < -0.3 is 0 Å². The molecule has 0 aliphatic carbocycles. The van der Waals surface area contributed by atoms with E-state index in [-0.39, 0.29) is 0 Å². The molecule has 0 aliphatic heterocycles. The van der Waals surface area contributed by atoms with E-state index in [1.807, 2.05) is 0 Å². The first-order valence-electron chi connectivity index (χ1n) is 17.5. The molecule has 0 aliphatic rings. The number of nitrogens with zero attached hydrogens (tertiary/aromatic N) is 4. The highest BCUT2D eigenvalue weighted by molar-refractivity contribution is 7.24. The van der Waals surface area contributed by atoms with Crippen LogP contribution in [-0.2, 0) is 0 Å². The van der Waals surface area contributed by atoms with Gasteiger partial charge in [0, 0.05) is 0 Å². The van der Waals surface area contributed by atoms with E-state index in [0.29, 0.717) is 0 Å². The van der Waals surface area contributed by atoms with Gasteiger partial charge in [0.25, 0.3) is 0 Å². The summed E-state index contributed by atoms with van der Waals surface area (Å²) in [5, 5.41) is 5.38. The summed E-state index contributed by atoms with van der Waals surface area (Å²) in [7, 11) is -2.87. The summed E-state index contributed by atoms with van der Waals surface area (Å²) in [6, 6.07) is 60.6. The van der Waals surface area contributed by atoms with Crippen molar-refractivity contribution in [1.82, 2.24) is 18.8 Å². The first kappa shape index (κ1) is 29.8. The molecule has 0 unspecified atom stereocenters. The molecule has 4 aromatic heterocycles. The second-order valence-electron chi connectivity index (χ2n) is 13.5. The molecule has 246 valence electrons. The Morgan fingerprint density at radius 2 is 0.981 bits per heavy atom. The molecule has 0 bridgehead atoms. The van der Waals surface area contributed by atoms with Gasteiger partial charge in [-0.15, -0.1) is 0 Å². The fourth-order valence-electron chi connectivity index (χ4n) is 8.36. The summed E-state index contributed by atoms with van der Waals surface area (Å²) in [4.78, 5) is 12.2. The topological polar surface area (TPSA) is 34.6 Å². The maximum atomic E-state index is 5.10. The van der Waals surface area contributed by atoms with Crippen molar-refractivity contribution < 1.29 is 0 Å². The lowest BCUT2D eigenvalue weighted by molar-refractivity contribution is 1.34. The number of imidazole rings is 2. The molecule has 0 saturated carbocycles. The Bertz CT molecular complexity index is 3110. The third-order valence-corrected chi connectivity index (χ3v) is 17.5. The highest BCUT2D eigenvalue weighted by Gasteiger charge is 2.42. The molecule has 7 heteroatoms. The van der Waals surface area contributed by atoms with E-state index < -0.39 is 8.07 Å². The van der Waals surface area contributed by atoms with Crippen molar-refractivity contribution in [3.8, 4) is 11.1 Å². The number of fused-ring (bicyclic) bond motifs is 10. The molecule has 4 heterocycles. The minimum atomic E-state index is -2.87. The highest BCUT2D eigenvalue weighted by atomic mass is 32.1. The summed E-state index contributed by atoms with van der Waals surface area (Å²) in [5.41, 5.74) is 10.4. The van der Waals surface area contributed by atoms with E-state index in [1.54, 1.807) is 22.7 Å². The minimum Gasteiger partial charge on any atom is -0.283 e. The molecule has 7 aromatic carbocycles. The predicted molar refractivity (Wildman–Crippen MR) is 224 cm³/mol. The van der Waals surface area contributed by atoms with Crippen molar-refractivity contribution in [2.24, 2.45) is 0 Å². The van der Waals surface area contributed by atoms with Crippen molar-refractivity contribution in [3.05, 3.63) is 169 Å². The third kappa shape index (κ3) is 4.24. The van der Waals surface area contributed by atoms with Gasteiger partial charge in [-0.2, -0.15) is 0 Å². The average Bonchev–Trinajstić information content (AvgIpc) is 3.93. The first-order chi connectivity index (χ1) is 25.7. The number of aryl methyl sites for hydroxylation is 1. The van der Waals surface area contributed by atoms with Gasteiger partial charge in [-0.05, 0) is 92.9 Å². The van der Waals surface area contributed by atoms with Gasteiger partial charge in [-0.3, -0.25) is 8.80 Å². The van der Waals surface area contributed by atoms with E-state index in [1.165, 1.54) is 57.9 Å². The van der Waals surface area contributed by atoms with Crippen LogP contribution in [0.3, 0.4) is 0 Å². The summed E-state index contributed by atoms with van der Waals surface area (Å²) in [6.45, 7) is 2.22. The van der Waals surface area contributed by atoms with Crippen molar-refractivity contribution in [2.45, 2.75) is 6.92 Å². The lowest BCUT2D eigenvalue weighted by atomic mass is 10.00. The molecule has 11 rings (SSSR count). The maximum absolute atomic E-state index is 5.10. The van der Waals surface area contributed by atoms with Gasteiger partial charge in [0.05, 0.1) is 42.5 Å². The van der Waals surface area contributed by atoms with Crippen LogP contribution in [0.1, 0.15) is 5.56 Å². The van der Waals surface area contributed by atoms with Crippen LogP contribution >= 0.6 is 22.7 Å². The zero-order chi connectivity index (χ0) is 34.4. The number of thiazole rings is 2. The van der Waals surface area contributed by atoms with Crippen LogP contribution in [0.25, 0.3) is 63.5 Å². The molecule has 11 aromatic rings. The molecular formula is C45H30N4S2Si. The third-order valence-electron chi connectivity index (χ3n) is 10.7. The smallest absolute Gasteiger partial charge is 0.195 e. The van der Waals surface area contributed by atoms with Crippen LogP contribution in [0.5, 0.6) is 0 Å². The van der Waals surface area contributed by atoms with Crippen molar-refractivity contribution in [1.29, 1.82) is 0 Å². The summed E-state index contributed by atoms with van der Waals surface area (Å²) in [6.07, 6.45) is 0. The Balaban J connectivity index is 1.20. The Labute approximate surface area is 308 Å². The molecule has 0 radical (unpaired) electrons. The molecule has 0 N–H and O–H groups in total. The van der Waals surface area contributed by atoms with Gasteiger partial charge >= 0.3 is 0 Å². The number of aromatic nitrogens is 4. The maximum Gasteiger partial charge on any atom is 0.195 e. The molecule has 0 spiro atoms. The zero-order valence-corrected chi connectivity index (χ0v) is 30.8. The molecule has 52 heavy (non-hydrogen) atoms. The van der Waals surface area contributed by atoms with Gasteiger partial charge in [0.1, 0.15) is 0 Å². The Morgan fingerprint density at radius 3 is 1.63 bits per heavy atom. The number of rotatable bonds is 5. The summed E-state index contributed by atoms with van der Waals surface area (Å²) < 4.78 is 7.17. The fraction of sp³-hybridized carbons (Fsp3) is 0.0222. The Kier molecular flexibility index (Phi) is 6.49. The van der Waals surface area contributed by atoms with Crippen LogP contribution in [-0.4, -0.2) is 26.8 Å². The zero-order valence-electron chi connectivity index (χ0n) is 28.2. The lowest BCUT2D eigenvalue weighted by Gasteiger charge is -2.34. The fourth-order valence-corrected chi connectivity index (χ4v) is 15.2. The Morgan fingerprint density at radius 1 is 0.442 bits per heavy atom. The van der Waals surface area contributed by atoms with Gasteiger partial charge in [-0.25, -0.2) is 9.97 Å². The number of hydrogen-bond acceptors (Lipinski definition) is 4. The van der Waals surface area contributed by atoms with Crippen molar-refractivity contribution in [3.63, 3.8) is 0 Å². The van der Waals surface area contributed by atoms with E-state index >= 15 is 0 Å². The average molecular weight is 719 g/mol. The summed E-state index contributed by atoms with van der Waals surface area (Å²) >= 11 is 3.50. The monoisotopic (exact) mass is 718 g/mol. The predicted octanol–water partition coefficient (Wildman–Crippen LogP) is 9.07. The molecule has 4 nitrogen and oxygen atoms in total. The molecule has 0 atom stereocenters. The summed E-state index contributed by atoms with van der Waals surface area (Å²) in [5.74, 6) is 0. The van der Waals surface area contributed by atoms with Crippen LogP contribution in [0.2, 0.25) is 0 Å². The van der Waals surface area contributed by atoms with Crippen molar-refractivity contribution >= 4 is 104 Å².